The Bertz CT molecular complexity index is 1230. The Hall–Kier alpha value is -3.90. The van der Waals surface area contributed by atoms with Crippen LogP contribution in [0.1, 0.15) is 30.7 Å². The van der Waals surface area contributed by atoms with Crippen molar-refractivity contribution in [3.8, 4) is 17.2 Å². The van der Waals surface area contributed by atoms with E-state index in [0.717, 1.165) is 16.8 Å². The molecule has 3 nitrogen and oxygen atoms in total. The highest BCUT2D eigenvalue weighted by Crippen LogP contribution is 2.51. The normalized spacial score (nSPS) is 13.8. The maximum atomic E-state index is 9.02. The summed E-state index contributed by atoms with van der Waals surface area (Å²) in [6.45, 7) is 4.59. The number of nitrogens with zero attached hydrogens (tertiary/aromatic N) is 3. The number of para-hydroxylation sites is 2. The second kappa shape index (κ2) is 6.86. The molecule has 0 aliphatic carbocycles. The molecule has 144 valence electrons. The zero-order valence-electron chi connectivity index (χ0n) is 17.0. The molecular formula is C27H21N3. The van der Waals surface area contributed by atoms with Crippen LogP contribution in [0.2, 0.25) is 0 Å². The Morgan fingerprint density at radius 3 is 2.03 bits per heavy atom. The summed E-state index contributed by atoms with van der Waals surface area (Å²) >= 11 is 0. The summed E-state index contributed by atoms with van der Waals surface area (Å²) in [7, 11) is 0. The molecule has 0 spiro atoms. The Balaban J connectivity index is 1.69. The fourth-order valence-corrected chi connectivity index (χ4v) is 4.40. The Labute approximate surface area is 176 Å². The van der Waals surface area contributed by atoms with Gasteiger partial charge in [0.1, 0.15) is 11.8 Å². The first kappa shape index (κ1) is 18.1. The first-order chi connectivity index (χ1) is 14.6. The van der Waals surface area contributed by atoms with E-state index in [0.29, 0.717) is 5.69 Å². The Morgan fingerprint density at radius 1 is 0.767 bits per heavy atom. The van der Waals surface area contributed by atoms with Crippen molar-refractivity contribution in [1.82, 2.24) is 4.98 Å². The maximum Gasteiger partial charge on any atom is 0.140 e. The number of hydrogen-bond donors (Lipinski definition) is 0. The van der Waals surface area contributed by atoms with E-state index in [1.165, 1.54) is 22.5 Å². The van der Waals surface area contributed by atoms with Gasteiger partial charge in [-0.2, -0.15) is 5.26 Å². The van der Waals surface area contributed by atoms with Crippen LogP contribution in [0.3, 0.4) is 0 Å². The van der Waals surface area contributed by atoms with E-state index in [9.17, 15) is 0 Å². The van der Waals surface area contributed by atoms with Crippen molar-refractivity contribution in [2.24, 2.45) is 0 Å². The summed E-state index contributed by atoms with van der Waals surface area (Å²) in [4.78, 5) is 6.58. The SMILES string of the molecule is CC1(C)c2ccccc2N(c2cccc(-c3ccc(C#N)nc3)c2)c2ccccc21. The molecule has 0 saturated carbocycles. The zero-order chi connectivity index (χ0) is 20.7. The average molecular weight is 387 g/mol. The van der Waals surface area contributed by atoms with Crippen molar-refractivity contribution in [3.63, 3.8) is 0 Å². The first-order valence-corrected chi connectivity index (χ1v) is 10.1. The van der Waals surface area contributed by atoms with Crippen LogP contribution in [0.4, 0.5) is 17.1 Å². The summed E-state index contributed by atoms with van der Waals surface area (Å²) in [6.07, 6.45) is 1.76. The van der Waals surface area contributed by atoms with Crippen molar-refractivity contribution in [3.05, 3.63) is 108 Å². The van der Waals surface area contributed by atoms with E-state index in [-0.39, 0.29) is 5.41 Å². The van der Waals surface area contributed by atoms with Gasteiger partial charge in [0.15, 0.2) is 0 Å². The second-order valence-electron chi connectivity index (χ2n) is 8.09. The summed E-state index contributed by atoms with van der Waals surface area (Å²) in [6, 6.07) is 31.6. The Morgan fingerprint density at radius 2 is 1.43 bits per heavy atom. The molecule has 3 aromatic carbocycles. The molecule has 0 unspecified atom stereocenters. The lowest BCUT2D eigenvalue weighted by Gasteiger charge is -2.42. The number of hydrogen-bond acceptors (Lipinski definition) is 3. The van der Waals surface area contributed by atoms with Gasteiger partial charge >= 0.3 is 0 Å². The van der Waals surface area contributed by atoms with E-state index in [4.69, 9.17) is 5.26 Å². The van der Waals surface area contributed by atoms with Gasteiger partial charge in [-0.3, -0.25) is 0 Å². The van der Waals surface area contributed by atoms with Crippen LogP contribution in [0.5, 0.6) is 0 Å². The molecule has 1 aliphatic heterocycles. The predicted octanol–water partition coefficient (Wildman–Crippen LogP) is 6.73. The van der Waals surface area contributed by atoms with Crippen LogP contribution >= 0.6 is 0 Å². The molecule has 1 aliphatic rings. The molecule has 0 amide bonds. The first-order valence-electron chi connectivity index (χ1n) is 10.1. The number of anilines is 3. The highest BCUT2D eigenvalue weighted by molar-refractivity contribution is 5.87. The summed E-state index contributed by atoms with van der Waals surface area (Å²) in [5, 5.41) is 9.02. The van der Waals surface area contributed by atoms with Gasteiger partial charge in [-0.25, -0.2) is 4.98 Å². The van der Waals surface area contributed by atoms with Crippen molar-refractivity contribution < 1.29 is 0 Å². The lowest BCUT2D eigenvalue weighted by molar-refractivity contribution is 0.632. The Kier molecular flexibility index (Phi) is 4.15. The van der Waals surface area contributed by atoms with E-state index < -0.39 is 0 Å². The van der Waals surface area contributed by atoms with Crippen LogP contribution in [0.15, 0.2) is 91.1 Å². The number of pyridine rings is 1. The molecule has 0 bridgehead atoms. The molecule has 0 radical (unpaired) electrons. The maximum absolute atomic E-state index is 9.02. The number of fused-ring (bicyclic) bond motifs is 2. The van der Waals surface area contributed by atoms with Crippen LogP contribution in [-0.2, 0) is 5.41 Å². The molecule has 3 heteroatoms. The van der Waals surface area contributed by atoms with E-state index in [1.807, 2.05) is 6.07 Å². The van der Waals surface area contributed by atoms with Gasteiger partial charge in [0.2, 0.25) is 0 Å². The van der Waals surface area contributed by atoms with E-state index in [1.54, 1.807) is 12.3 Å². The molecule has 4 aromatic rings. The molecule has 0 atom stereocenters. The third-order valence-corrected chi connectivity index (χ3v) is 5.95. The van der Waals surface area contributed by atoms with Crippen LogP contribution < -0.4 is 4.90 Å². The highest BCUT2D eigenvalue weighted by Gasteiger charge is 2.36. The third kappa shape index (κ3) is 2.77. The lowest BCUT2D eigenvalue weighted by Crippen LogP contribution is -2.30. The topological polar surface area (TPSA) is 39.9 Å². The molecule has 1 aromatic heterocycles. The highest BCUT2D eigenvalue weighted by atomic mass is 15.2. The molecule has 5 rings (SSSR count). The van der Waals surface area contributed by atoms with Gasteiger partial charge in [0.25, 0.3) is 0 Å². The summed E-state index contributed by atoms with van der Waals surface area (Å²) < 4.78 is 0. The van der Waals surface area contributed by atoms with E-state index >= 15 is 0 Å². The lowest BCUT2D eigenvalue weighted by atomic mass is 9.73. The predicted molar refractivity (Wildman–Crippen MR) is 121 cm³/mol. The molecular weight excluding hydrogens is 366 g/mol. The van der Waals surface area contributed by atoms with Crippen molar-refractivity contribution in [2.75, 3.05) is 4.90 Å². The van der Waals surface area contributed by atoms with Gasteiger partial charge in [-0.15, -0.1) is 0 Å². The molecule has 30 heavy (non-hydrogen) atoms. The van der Waals surface area contributed by atoms with Crippen molar-refractivity contribution in [2.45, 2.75) is 19.3 Å². The van der Waals surface area contributed by atoms with Gasteiger partial charge < -0.3 is 4.90 Å². The van der Waals surface area contributed by atoms with Gasteiger partial charge in [-0.05, 0) is 53.1 Å². The molecule has 2 heterocycles. The monoisotopic (exact) mass is 387 g/mol. The van der Waals surface area contributed by atoms with E-state index in [2.05, 4.69) is 103 Å². The van der Waals surface area contributed by atoms with Crippen LogP contribution in [-0.4, -0.2) is 4.98 Å². The minimum atomic E-state index is -0.0711. The fourth-order valence-electron chi connectivity index (χ4n) is 4.40. The fraction of sp³-hybridized carbons (Fsp3) is 0.111. The quantitative estimate of drug-likeness (QED) is 0.383. The van der Waals surface area contributed by atoms with Crippen molar-refractivity contribution in [1.29, 1.82) is 5.26 Å². The number of aromatic nitrogens is 1. The van der Waals surface area contributed by atoms with Gasteiger partial charge in [0.05, 0.1) is 11.4 Å². The molecule has 0 N–H and O–H groups in total. The van der Waals surface area contributed by atoms with Crippen LogP contribution in [0.25, 0.3) is 11.1 Å². The third-order valence-electron chi connectivity index (χ3n) is 5.95. The largest absolute Gasteiger partial charge is 0.310 e. The molecule has 0 fully saturated rings. The van der Waals surface area contributed by atoms with Gasteiger partial charge in [0, 0.05) is 22.9 Å². The molecule has 0 saturated heterocycles. The number of nitriles is 1. The number of benzene rings is 3. The summed E-state index contributed by atoms with van der Waals surface area (Å²) in [5.74, 6) is 0. The minimum Gasteiger partial charge on any atom is -0.310 e. The standard InChI is InChI=1S/C27H21N3/c1-27(2)23-10-3-5-12-25(23)30(26-13-6-4-11-24(26)27)22-9-7-8-19(16-22)20-14-15-21(17-28)29-18-20/h3-16,18H,1-2H3. The zero-order valence-corrected chi connectivity index (χ0v) is 17.0. The van der Waals surface area contributed by atoms with Crippen LogP contribution in [0, 0.1) is 11.3 Å². The average Bonchev–Trinajstić information content (AvgIpc) is 2.80. The summed E-state index contributed by atoms with van der Waals surface area (Å²) in [5.41, 5.74) is 8.57. The minimum absolute atomic E-state index is 0.0711. The number of rotatable bonds is 2. The smallest absolute Gasteiger partial charge is 0.140 e. The van der Waals surface area contributed by atoms with Crippen molar-refractivity contribution >= 4 is 17.1 Å². The van der Waals surface area contributed by atoms with Gasteiger partial charge in [-0.1, -0.05) is 62.4 Å². The second-order valence-corrected chi connectivity index (χ2v) is 8.09.